The highest BCUT2D eigenvalue weighted by molar-refractivity contribution is 5.59. The lowest BCUT2D eigenvalue weighted by Crippen LogP contribution is -1.43. The van der Waals surface area contributed by atoms with Crippen molar-refractivity contribution in [1.82, 2.24) is 0 Å². The summed E-state index contributed by atoms with van der Waals surface area (Å²) in [5.41, 5.74) is 1.94. The van der Waals surface area contributed by atoms with E-state index in [1.54, 1.807) is 0 Å². The van der Waals surface area contributed by atoms with Crippen LogP contribution in [0.1, 0.15) is 0 Å². The van der Waals surface area contributed by atoms with E-state index in [-0.39, 0.29) is 0 Å². The Bertz CT molecular complexity index is 234. The third-order valence-electron chi connectivity index (χ3n) is 1.06. The van der Waals surface area contributed by atoms with E-state index in [2.05, 4.69) is 12.8 Å². The van der Waals surface area contributed by atoms with Crippen LogP contribution in [0.4, 0.5) is 0 Å². The highest BCUT2D eigenvalue weighted by atomic mass is 16.3. The molecule has 0 saturated heterocycles. The van der Waals surface area contributed by atoms with Gasteiger partial charge in [-0.05, 0) is 24.3 Å². The molecule has 0 saturated carbocycles. The molecule has 0 radical (unpaired) electrons. The van der Waals surface area contributed by atoms with Gasteiger partial charge < -0.3 is 4.42 Å². The minimum Gasteiger partial charge on any atom is -0.457 e. The van der Waals surface area contributed by atoms with Crippen molar-refractivity contribution < 1.29 is 4.42 Å². The lowest BCUT2D eigenvalue weighted by atomic mass is 10.4. The van der Waals surface area contributed by atoms with Gasteiger partial charge in [-0.2, -0.15) is 0 Å². The summed E-state index contributed by atoms with van der Waals surface area (Å²) in [6, 6.07) is 7.81. The Hall–Kier alpha value is -1.42. The van der Waals surface area contributed by atoms with Gasteiger partial charge in [0.25, 0.3) is 0 Å². The average molecular weight is 118 g/mol. The predicted molar refractivity (Wildman–Crippen MR) is 37.3 cm³/mol. The predicted octanol–water partition coefficient (Wildman–Crippen LogP) is 2.12. The van der Waals surface area contributed by atoms with E-state index in [1.165, 1.54) is 0 Å². The number of rotatable bonds is 0. The standard InChI is InChI=1S/C6H4O.C2H2/c1-2-6-4-3-5(1)7-6;1-2/h1-4H;1-2H. The molecule has 2 bridgehead atoms. The van der Waals surface area contributed by atoms with Crippen molar-refractivity contribution in [2.45, 2.75) is 0 Å². The lowest BCUT2D eigenvalue weighted by molar-refractivity contribution is 0.675. The lowest BCUT2D eigenvalue weighted by Gasteiger charge is -1.60. The Morgan fingerprint density at radius 2 is 1.22 bits per heavy atom. The molecule has 1 nitrogen and oxygen atoms in total. The molecular formula is C8H6O. The molecule has 0 fully saturated rings. The zero-order valence-electron chi connectivity index (χ0n) is 4.87. The number of fused-ring (bicyclic) bond motifs is 2. The summed E-state index contributed by atoms with van der Waals surface area (Å²) < 4.78 is 5.08. The number of terminal acetylenes is 1. The molecule has 44 valence electrons. The molecule has 0 atom stereocenters. The van der Waals surface area contributed by atoms with Crippen LogP contribution in [0.5, 0.6) is 0 Å². The molecule has 9 heavy (non-hydrogen) atoms. The second kappa shape index (κ2) is 2.23. The van der Waals surface area contributed by atoms with Crippen LogP contribution in [0, 0.1) is 12.8 Å². The molecule has 2 aromatic heterocycles. The van der Waals surface area contributed by atoms with Gasteiger partial charge in [0.15, 0.2) is 0 Å². The van der Waals surface area contributed by atoms with Crippen molar-refractivity contribution in [1.29, 1.82) is 0 Å². The summed E-state index contributed by atoms with van der Waals surface area (Å²) in [7, 11) is 0. The SMILES string of the molecule is C#C.c1cc2ccc1o2. The van der Waals surface area contributed by atoms with Crippen LogP contribution >= 0.6 is 0 Å². The second-order valence-corrected chi connectivity index (χ2v) is 1.57. The van der Waals surface area contributed by atoms with E-state index in [0.717, 1.165) is 11.2 Å². The second-order valence-electron chi connectivity index (χ2n) is 1.57. The molecule has 0 aliphatic heterocycles. The van der Waals surface area contributed by atoms with Crippen LogP contribution in [-0.2, 0) is 0 Å². The highest BCUT2D eigenvalue weighted by Gasteiger charge is 1.91. The largest absolute Gasteiger partial charge is 0.457 e. The smallest absolute Gasteiger partial charge is 0.127 e. The van der Waals surface area contributed by atoms with Crippen molar-refractivity contribution in [2.24, 2.45) is 0 Å². The first kappa shape index (κ1) is 5.71. The topological polar surface area (TPSA) is 13.1 Å². The average Bonchev–Trinajstić information content (AvgIpc) is 2.53. The van der Waals surface area contributed by atoms with Crippen molar-refractivity contribution >= 4 is 11.2 Å². The molecule has 0 unspecified atom stereocenters. The third-order valence-corrected chi connectivity index (χ3v) is 1.06. The molecule has 0 N–H and O–H groups in total. The molecule has 2 heterocycles. The van der Waals surface area contributed by atoms with Crippen LogP contribution in [0.3, 0.4) is 0 Å². The summed E-state index contributed by atoms with van der Waals surface area (Å²) in [6.45, 7) is 0. The maximum Gasteiger partial charge on any atom is 0.127 e. The van der Waals surface area contributed by atoms with E-state index in [9.17, 15) is 0 Å². The number of furan rings is 2. The fourth-order valence-corrected chi connectivity index (χ4v) is 0.712. The summed E-state index contributed by atoms with van der Waals surface area (Å²) in [5, 5.41) is 0. The first-order valence-electron chi connectivity index (χ1n) is 2.56. The van der Waals surface area contributed by atoms with E-state index in [4.69, 9.17) is 4.42 Å². The van der Waals surface area contributed by atoms with Gasteiger partial charge >= 0.3 is 0 Å². The minimum atomic E-state index is 0.968. The van der Waals surface area contributed by atoms with Gasteiger partial charge in [0.2, 0.25) is 0 Å². The summed E-state index contributed by atoms with van der Waals surface area (Å²) in [4.78, 5) is 0. The van der Waals surface area contributed by atoms with Crippen molar-refractivity contribution in [3.05, 3.63) is 24.3 Å². The van der Waals surface area contributed by atoms with Gasteiger partial charge in [0.1, 0.15) is 11.2 Å². The Kier molecular flexibility index (Phi) is 1.42. The minimum absolute atomic E-state index is 0.968. The fraction of sp³-hybridized carbons (Fsp3) is 0. The molecule has 0 aliphatic carbocycles. The summed E-state index contributed by atoms with van der Waals surface area (Å²) in [6.07, 6.45) is 8.00. The van der Waals surface area contributed by atoms with Crippen LogP contribution in [0.25, 0.3) is 11.2 Å². The van der Waals surface area contributed by atoms with Crippen LogP contribution in [-0.4, -0.2) is 0 Å². The molecule has 0 spiro atoms. The Balaban J connectivity index is 0.000000186. The monoisotopic (exact) mass is 118 g/mol. The van der Waals surface area contributed by atoms with E-state index >= 15 is 0 Å². The van der Waals surface area contributed by atoms with Gasteiger partial charge in [-0.25, -0.2) is 0 Å². The number of benzene rings is 1. The number of hydrogen-bond donors (Lipinski definition) is 0. The Morgan fingerprint density at radius 1 is 0.889 bits per heavy atom. The Labute approximate surface area is 53.6 Å². The quantitative estimate of drug-likeness (QED) is 0.483. The molecule has 2 aromatic rings. The van der Waals surface area contributed by atoms with Gasteiger partial charge in [-0.3, -0.25) is 0 Å². The van der Waals surface area contributed by atoms with Gasteiger partial charge in [-0.1, -0.05) is 0 Å². The molecule has 0 aliphatic rings. The zero-order chi connectivity index (χ0) is 6.69. The van der Waals surface area contributed by atoms with E-state index in [0.29, 0.717) is 0 Å². The molecule has 1 heteroatoms. The normalized spacial score (nSPS) is 8.67. The third kappa shape index (κ3) is 0.872. The zero-order valence-corrected chi connectivity index (χ0v) is 4.87. The van der Waals surface area contributed by atoms with Crippen LogP contribution in [0.15, 0.2) is 28.7 Å². The summed E-state index contributed by atoms with van der Waals surface area (Å²) >= 11 is 0. The first-order chi connectivity index (χ1) is 4.45. The first-order valence-corrected chi connectivity index (χ1v) is 2.56. The summed E-state index contributed by atoms with van der Waals surface area (Å²) in [5.74, 6) is 0. The van der Waals surface area contributed by atoms with Gasteiger partial charge in [0.05, 0.1) is 0 Å². The van der Waals surface area contributed by atoms with Crippen molar-refractivity contribution in [3.8, 4) is 12.8 Å². The van der Waals surface area contributed by atoms with Gasteiger partial charge in [-0.15, -0.1) is 12.8 Å². The van der Waals surface area contributed by atoms with Crippen molar-refractivity contribution in [2.75, 3.05) is 0 Å². The Morgan fingerprint density at radius 3 is 1.33 bits per heavy atom. The fourth-order valence-electron chi connectivity index (χ4n) is 0.712. The molecule has 0 aromatic carbocycles. The van der Waals surface area contributed by atoms with Crippen molar-refractivity contribution in [3.63, 3.8) is 0 Å². The maximum absolute atomic E-state index is 5.08. The number of hydrogen-bond acceptors (Lipinski definition) is 1. The van der Waals surface area contributed by atoms with Gasteiger partial charge in [0, 0.05) is 0 Å². The van der Waals surface area contributed by atoms with Crippen LogP contribution in [0.2, 0.25) is 0 Å². The van der Waals surface area contributed by atoms with E-state index in [1.807, 2.05) is 24.3 Å². The highest BCUT2D eigenvalue weighted by Crippen LogP contribution is 2.13. The molecular weight excluding hydrogens is 112 g/mol. The van der Waals surface area contributed by atoms with E-state index < -0.39 is 0 Å². The van der Waals surface area contributed by atoms with Crippen LogP contribution < -0.4 is 0 Å². The molecule has 0 amide bonds. The molecule has 2 rings (SSSR count). The maximum atomic E-state index is 5.08.